The SMILES string of the molecule is NC(=O)CNC(=O)[C@H](CCCN=C(N)N)NC(=O)[C@H]1CCCN1C(=O)[C@H]1CSSCCC(=O)N[C@@H](Cc2ccc(O)cc2)C(=O)N[C@H](Cc2ccccc2)C(=O)NC(Cc2c[nH]c3ccccc23)C(=O)N[C@H](CC(N)=O)C(=O)N1. The number of aromatic amines is 1. The Morgan fingerprint density at radius 2 is 1.34 bits per heavy atom. The van der Waals surface area contributed by atoms with Gasteiger partial charge in [-0.3, -0.25) is 52.9 Å². The van der Waals surface area contributed by atoms with Gasteiger partial charge in [0.15, 0.2) is 5.96 Å². The van der Waals surface area contributed by atoms with Crippen LogP contribution in [0.3, 0.4) is 0 Å². The van der Waals surface area contributed by atoms with E-state index < -0.39 is 114 Å². The molecule has 3 aromatic carbocycles. The van der Waals surface area contributed by atoms with Gasteiger partial charge in [0.1, 0.15) is 48.0 Å². The molecule has 25 nitrogen and oxygen atoms in total. The average molecular weight is 1130 g/mol. The second-order valence-electron chi connectivity index (χ2n) is 18.9. The summed E-state index contributed by atoms with van der Waals surface area (Å²) in [5.41, 5.74) is 24.3. The predicted molar refractivity (Wildman–Crippen MR) is 296 cm³/mol. The number of aromatic nitrogens is 1. The van der Waals surface area contributed by atoms with Crippen LogP contribution >= 0.6 is 21.6 Å². The fourth-order valence-corrected chi connectivity index (χ4v) is 11.1. The number of likely N-dealkylation sites (tertiary alicyclic amines) is 1. The van der Waals surface area contributed by atoms with Crippen LogP contribution in [0.4, 0.5) is 0 Å². The van der Waals surface area contributed by atoms with Crippen molar-refractivity contribution in [3.8, 4) is 5.75 Å². The maximum atomic E-state index is 14.7. The van der Waals surface area contributed by atoms with Crippen molar-refractivity contribution < 1.29 is 53.1 Å². The van der Waals surface area contributed by atoms with Crippen LogP contribution in [0.5, 0.6) is 5.75 Å². The standard InChI is InChI=1S/C52H66N14O11S2/c53-42(68)25-39-49(75)65-40(51(77)66-20-7-13-41(66)50(76)61-35(12-6-19-57-52(55)56)45(71)59-27-43(54)69)28-79-78-21-18-44(70)60-36(23-30-14-16-32(67)17-15-30)46(72)62-37(22-29-8-2-1-3-9-29)47(73)63-38(48(74)64-39)24-31-26-58-34-11-5-4-10-33(31)34/h1-5,8-11,14-17,26,35-41,58,67H,6-7,12-13,18-25,27-28H2,(H2,53,68)(H2,54,69)(H,59,71)(H,60,70)(H,61,76)(H,62,72)(H,63,73)(H,64,74)(H,65,75)(H4,55,56,57)/t35-,36-,37+,38?,39+,40+,41+/m0/s1. The number of amides is 10. The minimum absolute atomic E-state index is 0.0220. The summed E-state index contributed by atoms with van der Waals surface area (Å²) in [5, 5.41) is 29.3. The maximum Gasteiger partial charge on any atom is 0.246 e. The Bertz CT molecular complexity index is 2870. The summed E-state index contributed by atoms with van der Waals surface area (Å²) in [7, 11) is 2.25. The lowest BCUT2D eigenvalue weighted by molar-refractivity contribution is -0.142. The van der Waals surface area contributed by atoms with Gasteiger partial charge in [-0.25, -0.2) is 0 Å². The van der Waals surface area contributed by atoms with Gasteiger partial charge in [0.05, 0.1) is 13.0 Å². The van der Waals surface area contributed by atoms with E-state index in [9.17, 15) is 53.1 Å². The highest BCUT2D eigenvalue weighted by molar-refractivity contribution is 8.76. The Morgan fingerprint density at radius 3 is 2.01 bits per heavy atom. The predicted octanol–water partition coefficient (Wildman–Crippen LogP) is -1.88. The van der Waals surface area contributed by atoms with Crippen molar-refractivity contribution in [2.24, 2.45) is 27.9 Å². The van der Waals surface area contributed by atoms with Crippen LogP contribution in [0.1, 0.15) is 55.2 Å². The maximum absolute atomic E-state index is 14.7. The van der Waals surface area contributed by atoms with Crippen molar-refractivity contribution in [1.82, 2.24) is 47.1 Å². The zero-order chi connectivity index (χ0) is 57.0. The number of aliphatic imine (C=N–C) groups is 1. The van der Waals surface area contributed by atoms with Gasteiger partial charge >= 0.3 is 0 Å². The lowest BCUT2D eigenvalue weighted by Gasteiger charge is -2.31. The topological polar surface area (TPSA) is 411 Å². The number of carbonyl (C=O) groups excluding carboxylic acids is 10. The van der Waals surface area contributed by atoms with E-state index in [0.29, 0.717) is 34.0 Å². The van der Waals surface area contributed by atoms with Crippen LogP contribution in [-0.4, -0.2) is 153 Å². The zero-order valence-corrected chi connectivity index (χ0v) is 44.7. The first-order valence-corrected chi connectivity index (χ1v) is 28.0. The average Bonchev–Trinajstić information content (AvgIpc) is 4.10. The van der Waals surface area contributed by atoms with E-state index in [0.717, 1.165) is 21.6 Å². The number of fused-ring (bicyclic) bond motifs is 1. The van der Waals surface area contributed by atoms with Crippen molar-refractivity contribution >= 4 is 97.5 Å². The molecule has 0 bridgehead atoms. The first kappa shape index (κ1) is 59.9. The Morgan fingerprint density at radius 1 is 0.722 bits per heavy atom. The summed E-state index contributed by atoms with van der Waals surface area (Å²) >= 11 is 0. The molecule has 0 radical (unpaired) electrons. The number of nitrogens with zero attached hydrogens (tertiary/aromatic N) is 2. The third kappa shape index (κ3) is 18.4. The number of nitrogens with two attached hydrogens (primary N) is 4. The summed E-state index contributed by atoms with van der Waals surface area (Å²) in [4.78, 5) is 146. The molecule has 3 heterocycles. The highest BCUT2D eigenvalue weighted by Crippen LogP contribution is 2.26. The minimum atomic E-state index is -1.72. The molecule has 0 aliphatic carbocycles. The van der Waals surface area contributed by atoms with Crippen molar-refractivity contribution in [3.63, 3.8) is 0 Å². The van der Waals surface area contributed by atoms with Crippen molar-refractivity contribution in [2.45, 2.75) is 100 Å². The summed E-state index contributed by atoms with van der Waals surface area (Å²) in [6.45, 7) is -0.359. The number of aromatic hydroxyl groups is 1. The number of H-pyrrole nitrogens is 1. The summed E-state index contributed by atoms with van der Waals surface area (Å²) < 4.78 is 0. The molecule has 1 aromatic heterocycles. The number of nitrogens with one attached hydrogen (secondary N) is 8. The van der Waals surface area contributed by atoms with E-state index in [-0.39, 0.29) is 81.3 Å². The molecule has 2 fully saturated rings. The third-order valence-corrected chi connectivity index (χ3v) is 15.3. The minimum Gasteiger partial charge on any atom is -0.508 e. The van der Waals surface area contributed by atoms with Gasteiger partial charge in [-0.15, -0.1) is 0 Å². The smallest absolute Gasteiger partial charge is 0.246 e. The van der Waals surface area contributed by atoms with Crippen LogP contribution in [-0.2, 0) is 67.2 Å². The molecule has 0 saturated carbocycles. The largest absolute Gasteiger partial charge is 0.508 e. The quantitative estimate of drug-likeness (QED) is 0.0224. The summed E-state index contributed by atoms with van der Waals surface area (Å²) in [5.74, 6) is -8.30. The Hall–Kier alpha value is -8.33. The lowest BCUT2D eigenvalue weighted by atomic mass is 10.0. The van der Waals surface area contributed by atoms with Crippen LogP contribution in [0, 0.1) is 0 Å². The number of guanidine groups is 1. The number of phenolic OH excluding ortho intramolecular Hbond substituents is 1. The molecular formula is C52H66N14O11S2. The van der Waals surface area contributed by atoms with Crippen LogP contribution < -0.4 is 60.2 Å². The number of primary amides is 2. The molecule has 79 heavy (non-hydrogen) atoms. The third-order valence-electron chi connectivity index (χ3n) is 12.9. The van der Waals surface area contributed by atoms with Crippen LogP contribution in [0.25, 0.3) is 10.9 Å². The van der Waals surface area contributed by atoms with Crippen LogP contribution in [0.15, 0.2) is 90.1 Å². The van der Waals surface area contributed by atoms with Crippen molar-refractivity contribution in [2.75, 3.05) is 31.1 Å². The first-order valence-electron chi connectivity index (χ1n) is 25.5. The number of hydrogen-bond donors (Lipinski definition) is 13. The molecule has 0 spiro atoms. The number of rotatable bonds is 18. The fraction of sp³-hybridized carbons (Fsp3) is 0.404. The van der Waals surface area contributed by atoms with E-state index in [1.165, 1.54) is 17.0 Å². The Kier molecular flexibility index (Phi) is 22.3. The van der Waals surface area contributed by atoms with Gasteiger partial charge in [-0.1, -0.05) is 82.3 Å². The lowest BCUT2D eigenvalue weighted by Crippen LogP contribution is -2.61. The molecule has 2 aliphatic heterocycles. The number of para-hydroxylation sites is 1. The molecule has 7 atom stereocenters. The second kappa shape index (κ2) is 29.4. The first-order chi connectivity index (χ1) is 37.8. The molecule has 17 N–H and O–H groups in total. The Balaban J connectivity index is 1.33. The van der Waals surface area contributed by atoms with Crippen molar-refractivity contribution in [3.05, 3.63) is 102 Å². The van der Waals surface area contributed by atoms with Gasteiger partial charge in [0, 0.05) is 67.4 Å². The molecule has 10 amide bonds. The van der Waals surface area contributed by atoms with Crippen molar-refractivity contribution in [1.29, 1.82) is 0 Å². The fourth-order valence-electron chi connectivity index (χ4n) is 8.96. The normalized spacial score (nSPS) is 21.2. The van der Waals surface area contributed by atoms with Gasteiger partial charge in [-0.05, 0) is 60.6 Å². The Labute approximate surface area is 462 Å². The monoisotopic (exact) mass is 1130 g/mol. The van der Waals surface area contributed by atoms with Gasteiger partial charge < -0.3 is 75.1 Å². The molecule has 1 unspecified atom stereocenters. The molecule has 27 heteroatoms. The van der Waals surface area contributed by atoms with E-state index in [4.69, 9.17) is 22.9 Å². The van der Waals surface area contributed by atoms with E-state index in [2.05, 4.69) is 47.2 Å². The number of phenols is 1. The number of hydrogen-bond acceptors (Lipinski definition) is 14. The molecule has 2 saturated heterocycles. The second-order valence-corrected chi connectivity index (χ2v) is 21.5. The zero-order valence-electron chi connectivity index (χ0n) is 43.1. The summed E-state index contributed by atoms with van der Waals surface area (Å²) in [6, 6.07) is 12.4. The summed E-state index contributed by atoms with van der Waals surface area (Å²) in [6.07, 6.45) is 1.23. The molecule has 2 aliphatic rings. The van der Waals surface area contributed by atoms with E-state index in [1.54, 1.807) is 66.9 Å². The van der Waals surface area contributed by atoms with E-state index in [1.807, 2.05) is 6.07 Å². The van der Waals surface area contributed by atoms with Gasteiger partial charge in [-0.2, -0.15) is 0 Å². The molecular weight excluding hydrogens is 1060 g/mol. The van der Waals surface area contributed by atoms with Gasteiger partial charge in [0.25, 0.3) is 0 Å². The van der Waals surface area contributed by atoms with E-state index >= 15 is 0 Å². The number of carbonyl (C=O) groups is 10. The highest BCUT2D eigenvalue weighted by atomic mass is 33.1. The molecule has 422 valence electrons. The highest BCUT2D eigenvalue weighted by Gasteiger charge is 2.40. The molecule has 4 aromatic rings. The molecule has 6 rings (SSSR count). The number of benzene rings is 3. The van der Waals surface area contributed by atoms with Gasteiger partial charge in [0.2, 0.25) is 59.1 Å². The van der Waals surface area contributed by atoms with Crippen LogP contribution in [0.2, 0.25) is 0 Å².